The average molecular weight is 395 g/mol. The van der Waals surface area contributed by atoms with Crippen molar-refractivity contribution >= 4 is 56.4 Å². The highest BCUT2D eigenvalue weighted by atomic mass is 35.5. The average Bonchev–Trinajstić information content (AvgIpc) is 2.95. The molecule has 0 spiro atoms. The molecule has 0 saturated heterocycles. The Morgan fingerprint density at radius 1 is 1.12 bits per heavy atom. The third-order valence-electron chi connectivity index (χ3n) is 3.50. The zero-order chi connectivity index (χ0) is 18.0. The molecule has 1 aromatic heterocycles. The van der Waals surface area contributed by atoms with Crippen molar-refractivity contribution in [2.24, 2.45) is 0 Å². The maximum atomic E-state index is 12.3. The minimum Gasteiger partial charge on any atom is -0.497 e. The molecule has 7 heteroatoms. The van der Waals surface area contributed by atoms with Crippen molar-refractivity contribution in [2.45, 2.75) is 0 Å². The molecule has 1 heterocycles. The number of methoxy groups -OCH3 is 1. The summed E-state index contributed by atoms with van der Waals surface area (Å²) in [7, 11) is 1.56. The molecule has 0 unspecified atom stereocenters. The van der Waals surface area contributed by atoms with Crippen LogP contribution in [0.5, 0.6) is 5.75 Å². The summed E-state index contributed by atoms with van der Waals surface area (Å²) >= 11 is 13.3. The van der Waals surface area contributed by atoms with Crippen molar-refractivity contribution in [1.82, 2.24) is 0 Å². The van der Waals surface area contributed by atoms with E-state index in [0.29, 0.717) is 21.4 Å². The number of benzene rings is 2. The lowest BCUT2D eigenvalue weighted by atomic mass is 10.1. The minimum absolute atomic E-state index is 0.254. The Balaban J connectivity index is 1.76. The first-order valence-corrected chi connectivity index (χ1v) is 8.79. The lowest BCUT2D eigenvalue weighted by Gasteiger charge is -2.04. The van der Waals surface area contributed by atoms with Crippen LogP contribution >= 0.6 is 34.5 Å². The van der Waals surface area contributed by atoms with E-state index in [1.165, 1.54) is 17.4 Å². The fourth-order valence-corrected chi connectivity index (χ4v) is 3.87. The highest BCUT2D eigenvalue weighted by Gasteiger charge is 2.20. The molecule has 0 radical (unpaired) electrons. The van der Waals surface area contributed by atoms with Crippen LogP contribution in [0, 0.1) is 0 Å². The molecule has 0 fully saturated rings. The number of carbonyl (C=O) groups is 2. The summed E-state index contributed by atoms with van der Waals surface area (Å²) in [5.41, 5.74) is 0.382. The number of esters is 1. The van der Waals surface area contributed by atoms with Gasteiger partial charge in [0.15, 0.2) is 12.4 Å². The van der Waals surface area contributed by atoms with Crippen molar-refractivity contribution in [3.63, 3.8) is 0 Å². The first-order chi connectivity index (χ1) is 12.0. The van der Waals surface area contributed by atoms with Gasteiger partial charge in [-0.2, -0.15) is 0 Å². The van der Waals surface area contributed by atoms with Gasteiger partial charge < -0.3 is 9.47 Å². The smallest absolute Gasteiger partial charge is 0.350 e. The summed E-state index contributed by atoms with van der Waals surface area (Å²) in [6.07, 6.45) is 0. The number of ketones is 1. The fourth-order valence-electron chi connectivity index (χ4n) is 2.25. The first-order valence-electron chi connectivity index (χ1n) is 7.21. The van der Waals surface area contributed by atoms with Crippen molar-refractivity contribution in [2.75, 3.05) is 13.7 Å². The molecule has 0 aliphatic rings. The molecule has 0 aliphatic heterocycles. The summed E-state index contributed by atoms with van der Waals surface area (Å²) in [5.74, 6) is -0.309. The number of ether oxygens (including phenoxy) is 2. The van der Waals surface area contributed by atoms with Gasteiger partial charge in [-0.05, 0) is 30.3 Å². The van der Waals surface area contributed by atoms with Crippen LogP contribution < -0.4 is 4.74 Å². The summed E-state index contributed by atoms with van der Waals surface area (Å²) in [6, 6.07) is 11.8. The van der Waals surface area contributed by atoms with Gasteiger partial charge in [0.1, 0.15) is 10.6 Å². The molecule has 128 valence electrons. The molecule has 2 aromatic carbocycles. The van der Waals surface area contributed by atoms with Gasteiger partial charge in [0.05, 0.1) is 12.1 Å². The van der Waals surface area contributed by atoms with Crippen LogP contribution in [0.4, 0.5) is 0 Å². The Morgan fingerprint density at radius 2 is 1.92 bits per heavy atom. The molecule has 3 aromatic rings. The second-order valence-corrected chi connectivity index (χ2v) is 6.98. The number of rotatable bonds is 5. The topological polar surface area (TPSA) is 52.6 Å². The highest BCUT2D eigenvalue weighted by Crippen LogP contribution is 2.37. The summed E-state index contributed by atoms with van der Waals surface area (Å²) in [6.45, 7) is -0.382. The van der Waals surface area contributed by atoms with Gasteiger partial charge >= 0.3 is 5.97 Å². The predicted octanol–water partition coefficient (Wildman–Crippen LogP) is 5.26. The van der Waals surface area contributed by atoms with Crippen LogP contribution in [0.3, 0.4) is 0 Å². The largest absolute Gasteiger partial charge is 0.497 e. The van der Waals surface area contributed by atoms with E-state index in [-0.39, 0.29) is 17.3 Å². The normalized spacial score (nSPS) is 10.7. The van der Waals surface area contributed by atoms with E-state index in [1.807, 2.05) is 0 Å². The molecule has 0 aliphatic carbocycles. The lowest BCUT2D eigenvalue weighted by Crippen LogP contribution is -2.13. The third-order valence-corrected chi connectivity index (χ3v) is 5.38. The molecular weight excluding hydrogens is 383 g/mol. The molecule has 0 amide bonds. The van der Waals surface area contributed by atoms with Gasteiger partial charge in [-0.3, -0.25) is 4.79 Å². The van der Waals surface area contributed by atoms with E-state index < -0.39 is 5.97 Å². The van der Waals surface area contributed by atoms with E-state index >= 15 is 0 Å². The number of carbonyl (C=O) groups excluding carboxylic acids is 2. The highest BCUT2D eigenvalue weighted by molar-refractivity contribution is 7.21. The van der Waals surface area contributed by atoms with Crippen LogP contribution in [0.1, 0.15) is 20.0 Å². The zero-order valence-corrected chi connectivity index (χ0v) is 15.4. The number of thiophene rings is 1. The van der Waals surface area contributed by atoms with Gasteiger partial charge in [-0.1, -0.05) is 35.3 Å². The van der Waals surface area contributed by atoms with Crippen molar-refractivity contribution in [1.29, 1.82) is 0 Å². The third kappa shape index (κ3) is 3.79. The van der Waals surface area contributed by atoms with E-state index in [9.17, 15) is 9.59 Å². The van der Waals surface area contributed by atoms with Crippen molar-refractivity contribution < 1.29 is 19.1 Å². The van der Waals surface area contributed by atoms with Crippen LogP contribution in [-0.2, 0) is 4.74 Å². The number of halogens is 2. The van der Waals surface area contributed by atoms with E-state index in [0.717, 1.165) is 10.1 Å². The Hall–Kier alpha value is -2.08. The molecule has 25 heavy (non-hydrogen) atoms. The molecule has 4 nitrogen and oxygen atoms in total. The summed E-state index contributed by atoms with van der Waals surface area (Å²) in [4.78, 5) is 24.6. The van der Waals surface area contributed by atoms with Crippen molar-refractivity contribution in [3.8, 4) is 5.75 Å². The summed E-state index contributed by atoms with van der Waals surface area (Å²) < 4.78 is 11.1. The van der Waals surface area contributed by atoms with Gasteiger partial charge in [0, 0.05) is 20.7 Å². The van der Waals surface area contributed by atoms with Crippen LogP contribution in [0.25, 0.3) is 10.1 Å². The number of Topliss-reactive ketones (excluding diaryl/α,β-unsaturated/α-hetero) is 1. The van der Waals surface area contributed by atoms with Crippen LogP contribution in [0.15, 0.2) is 42.5 Å². The van der Waals surface area contributed by atoms with Gasteiger partial charge in [-0.15, -0.1) is 11.3 Å². The number of hydrogen-bond acceptors (Lipinski definition) is 5. The second kappa shape index (κ2) is 7.44. The maximum Gasteiger partial charge on any atom is 0.350 e. The van der Waals surface area contributed by atoms with Crippen LogP contribution in [-0.4, -0.2) is 25.5 Å². The SMILES string of the molecule is COc1ccc2c(Cl)c(C(=O)OCC(=O)c3cccc(Cl)c3)sc2c1. The Kier molecular flexibility index (Phi) is 5.27. The molecule has 3 rings (SSSR count). The lowest BCUT2D eigenvalue weighted by molar-refractivity contribution is 0.0480. The molecule has 0 N–H and O–H groups in total. The minimum atomic E-state index is -0.638. The monoisotopic (exact) mass is 394 g/mol. The predicted molar refractivity (Wildman–Crippen MR) is 99.5 cm³/mol. The Labute approximate surface area is 157 Å². The molecule has 0 atom stereocenters. The molecular formula is C18H12Cl2O4S. The van der Waals surface area contributed by atoms with Crippen molar-refractivity contribution in [3.05, 3.63) is 63.0 Å². The standard InChI is InChI=1S/C18H12Cl2O4S/c1-23-12-5-6-13-15(8-12)25-17(16(13)20)18(22)24-9-14(21)10-3-2-4-11(19)7-10/h2-8H,9H2,1H3. The van der Waals surface area contributed by atoms with Gasteiger partial charge in [0.2, 0.25) is 0 Å². The first kappa shape index (κ1) is 17.7. The van der Waals surface area contributed by atoms with E-state index in [2.05, 4.69) is 0 Å². The molecule has 0 saturated carbocycles. The van der Waals surface area contributed by atoms with E-state index in [4.69, 9.17) is 32.7 Å². The zero-order valence-electron chi connectivity index (χ0n) is 13.0. The van der Waals surface area contributed by atoms with Gasteiger partial charge in [-0.25, -0.2) is 4.79 Å². The molecule has 0 bridgehead atoms. The van der Waals surface area contributed by atoms with Crippen LogP contribution in [0.2, 0.25) is 10.0 Å². The fraction of sp³-hybridized carbons (Fsp3) is 0.111. The number of hydrogen-bond donors (Lipinski definition) is 0. The maximum absolute atomic E-state index is 12.3. The second-order valence-electron chi connectivity index (χ2n) is 5.12. The number of fused-ring (bicyclic) bond motifs is 1. The quantitative estimate of drug-likeness (QED) is 0.437. The van der Waals surface area contributed by atoms with Gasteiger partial charge in [0.25, 0.3) is 0 Å². The van der Waals surface area contributed by atoms with E-state index in [1.54, 1.807) is 43.5 Å². The Bertz CT molecular complexity index is 965. The Morgan fingerprint density at radius 3 is 2.64 bits per heavy atom. The summed E-state index contributed by atoms with van der Waals surface area (Å²) in [5, 5.41) is 1.49.